The molecular formula is C22H23F3N2O2S. The van der Waals surface area contributed by atoms with Gasteiger partial charge in [-0.25, -0.2) is 0 Å². The van der Waals surface area contributed by atoms with Crippen LogP contribution in [0.2, 0.25) is 0 Å². The lowest BCUT2D eigenvalue weighted by Crippen LogP contribution is -2.24. The Balaban J connectivity index is 1.52. The Labute approximate surface area is 177 Å². The number of benzene rings is 2. The Morgan fingerprint density at radius 3 is 2.30 bits per heavy atom. The Morgan fingerprint density at radius 2 is 1.60 bits per heavy atom. The molecule has 0 unspecified atom stereocenters. The first-order valence-corrected chi connectivity index (χ1v) is 10.8. The second-order valence-corrected chi connectivity index (χ2v) is 8.32. The molecule has 0 atom stereocenters. The van der Waals surface area contributed by atoms with Gasteiger partial charge in [-0.2, -0.15) is 13.2 Å². The summed E-state index contributed by atoms with van der Waals surface area (Å²) in [6, 6.07) is 11.7. The highest BCUT2D eigenvalue weighted by Gasteiger charge is 2.30. The van der Waals surface area contributed by atoms with E-state index in [1.807, 2.05) is 6.07 Å². The molecule has 30 heavy (non-hydrogen) atoms. The average molecular weight is 436 g/mol. The summed E-state index contributed by atoms with van der Waals surface area (Å²) in [5.74, 6) is -0.292. The molecule has 0 radical (unpaired) electrons. The van der Waals surface area contributed by atoms with Gasteiger partial charge in [-0.05, 0) is 49.2 Å². The number of anilines is 2. The van der Waals surface area contributed by atoms with Gasteiger partial charge in [-0.15, -0.1) is 11.8 Å². The van der Waals surface area contributed by atoms with Gasteiger partial charge in [-0.3, -0.25) is 9.59 Å². The maximum absolute atomic E-state index is 12.8. The number of hydrogen-bond acceptors (Lipinski definition) is 3. The minimum absolute atomic E-state index is 0.0270. The molecule has 8 heteroatoms. The number of nitrogens with one attached hydrogen (secondary N) is 2. The zero-order valence-corrected chi connectivity index (χ0v) is 17.1. The normalized spacial score (nSPS) is 14.9. The van der Waals surface area contributed by atoms with Crippen molar-refractivity contribution >= 4 is 35.0 Å². The smallest absolute Gasteiger partial charge is 0.326 e. The third kappa shape index (κ3) is 6.52. The lowest BCUT2D eigenvalue weighted by Gasteiger charge is -2.20. The Bertz CT molecular complexity index is 896. The molecule has 4 nitrogen and oxygen atoms in total. The van der Waals surface area contributed by atoms with Crippen LogP contribution in [0.3, 0.4) is 0 Å². The van der Waals surface area contributed by atoms with Crippen molar-refractivity contribution in [3.05, 3.63) is 54.1 Å². The van der Waals surface area contributed by atoms with Crippen LogP contribution < -0.4 is 10.6 Å². The molecule has 160 valence electrons. The Hall–Kier alpha value is -2.48. The van der Waals surface area contributed by atoms with E-state index < -0.39 is 17.6 Å². The van der Waals surface area contributed by atoms with E-state index in [0.717, 1.165) is 42.7 Å². The van der Waals surface area contributed by atoms with Gasteiger partial charge in [0.15, 0.2) is 0 Å². The van der Waals surface area contributed by atoms with E-state index in [4.69, 9.17) is 0 Å². The lowest BCUT2D eigenvalue weighted by molar-refractivity contribution is -0.137. The lowest BCUT2D eigenvalue weighted by atomic mass is 9.88. The molecule has 0 aliphatic heterocycles. The molecule has 1 aliphatic rings. The average Bonchev–Trinajstić information content (AvgIpc) is 2.73. The summed E-state index contributed by atoms with van der Waals surface area (Å²) in [5, 5.41) is 5.43. The third-order valence-corrected chi connectivity index (χ3v) is 5.91. The summed E-state index contributed by atoms with van der Waals surface area (Å²) in [4.78, 5) is 25.3. The molecule has 2 aromatic rings. The van der Waals surface area contributed by atoms with Crippen LogP contribution in [0.25, 0.3) is 0 Å². The van der Waals surface area contributed by atoms with Crippen LogP contribution in [0.4, 0.5) is 24.5 Å². The molecule has 1 saturated carbocycles. The van der Waals surface area contributed by atoms with E-state index in [2.05, 4.69) is 10.6 Å². The predicted molar refractivity (Wildman–Crippen MR) is 112 cm³/mol. The van der Waals surface area contributed by atoms with Gasteiger partial charge < -0.3 is 10.6 Å². The van der Waals surface area contributed by atoms with E-state index in [1.165, 1.54) is 30.3 Å². The zero-order chi connectivity index (χ0) is 21.6. The van der Waals surface area contributed by atoms with Crippen LogP contribution in [0.5, 0.6) is 0 Å². The fraction of sp³-hybridized carbons (Fsp3) is 0.364. The maximum Gasteiger partial charge on any atom is 0.416 e. The predicted octanol–water partition coefficient (Wildman–Crippen LogP) is 5.96. The van der Waals surface area contributed by atoms with Crippen molar-refractivity contribution < 1.29 is 22.8 Å². The highest BCUT2D eigenvalue weighted by molar-refractivity contribution is 8.00. The van der Waals surface area contributed by atoms with Crippen molar-refractivity contribution in [3.8, 4) is 0 Å². The van der Waals surface area contributed by atoms with Crippen molar-refractivity contribution in [1.29, 1.82) is 0 Å². The number of hydrogen-bond donors (Lipinski definition) is 2. The monoisotopic (exact) mass is 436 g/mol. The van der Waals surface area contributed by atoms with Gasteiger partial charge in [0, 0.05) is 22.2 Å². The summed E-state index contributed by atoms with van der Waals surface area (Å²) >= 11 is 1.25. The van der Waals surface area contributed by atoms with Crippen molar-refractivity contribution in [3.63, 3.8) is 0 Å². The molecular weight excluding hydrogens is 413 g/mol. The SMILES string of the molecule is O=C(CSc1cccc(NC(=O)C2CCCCC2)c1)Nc1cccc(C(F)(F)F)c1. The first-order chi connectivity index (χ1) is 14.3. The zero-order valence-electron chi connectivity index (χ0n) is 16.3. The molecule has 0 spiro atoms. The van der Waals surface area contributed by atoms with Crippen LogP contribution in [0, 0.1) is 5.92 Å². The second-order valence-electron chi connectivity index (χ2n) is 7.27. The minimum atomic E-state index is -4.46. The standard InChI is InChI=1S/C22H23F3N2O2S/c23-22(24,25)16-8-4-9-17(12-16)26-20(28)14-30-19-11-5-10-18(13-19)27-21(29)15-6-2-1-3-7-15/h4-5,8-13,15H,1-3,6-7,14H2,(H,26,28)(H,27,29). The molecule has 0 aromatic heterocycles. The maximum atomic E-state index is 12.8. The van der Waals surface area contributed by atoms with Crippen molar-refractivity contribution in [2.75, 3.05) is 16.4 Å². The fourth-order valence-corrected chi connectivity index (χ4v) is 4.15. The molecule has 1 aliphatic carbocycles. The second kappa shape index (κ2) is 10.0. The summed E-state index contributed by atoms with van der Waals surface area (Å²) < 4.78 is 38.3. The van der Waals surface area contributed by atoms with Crippen LogP contribution in [0.15, 0.2) is 53.4 Å². The van der Waals surface area contributed by atoms with Gasteiger partial charge in [0.05, 0.1) is 11.3 Å². The van der Waals surface area contributed by atoms with Crippen LogP contribution in [0.1, 0.15) is 37.7 Å². The van der Waals surface area contributed by atoms with E-state index >= 15 is 0 Å². The molecule has 2 amide bonds. The Kier molecular flexibility index (Phi) is 7.42. The van der Waals surface area contributed by atoms with Gasteiger partial charge in [0.2, 0.25) is 11.8 Å². The third-order valence-electron chi connectivity index (χ3n) is 4.92. The van der Waals surface area contributed by atoms with Crippen molar-refractivity contribution in [2.45, 2.75) is 43.2 Å². The van der Waals surface area contributed by atoms with Crippen LogP contribution >= 0.6 is 11.8 Å². The highest BCUT2D eigenvalue weighted by atomic mass is 32.2. The first kappa shape index (κ1) is 22.2. The molecule has 3 rings (SSSR count). The first-order valence-electron chi connectivity index (χ1n) is 9.82. The van der Waals surface area contributed by atoms with E-state index in [9.17, 15) is 22.8 Å². The number of rotatable bonds is 6. The molecule has 2 aromatic carbocycles. The van der Waals surface area contributed by atoms with Crippen molar-refractivity contribution in [2.24, 2.45) is 5.92 Å². The number of carbonyl (C=O) groups excluding carboxylic acids is 2. The van der Waals surface area contributed by atoms with E-state index in [0.29, 0.717) is 5.69 Å². The number of amides is 2. The molecule has 0 bridgehead atoms. The van der Waals surface area contributed by atoms with Crippen LogP contribution in [-0.2, 0) is 15.8 Å². The summed E-state index contributed by atoms with van der Waals surface area (Å²) in [6.45, 7) is 0. The summed E-state index contributed by atoms with van der Waals surface area (Å²) in [5.41, 5.74) is -0.0351. The molecule has 1 fully saturated rings. The number of alkyl halides is 3. The largest absolute Gasteiger partial charge is 0.416 e. The quantitative estimate of drug-likeness (QED) is 0.550. The molecule has 0 heterocycles. The van der Waals surface area contributed by atoms with Crippen LogP contribution in [-0.4, -0.2) is 17.6 Å². The topological polar surface area (TPSA) is 58.2 Å². The van der Waals surface area contributed by atoms with Gasteiger partial charge in [0.1, 0.15) is 0 Å². The fourth-order valence-electron chi connectivity index (χ4n) is 3.39. The Morgan fingerprint density at radius 1 is 0.933 bits per heavy atom. The number of halogens is 3. The van der Waals surface area contributed by atoms with Gasteiger partial charge in [-0.1, -0.05) is 31.4 Å². The van der Waals surface area contributed by atoms with E-state index in [-0.39, 0.29) is 23.3 Å². The molecule has 2 N–H and O–H groups in total. The summed E-state index contributed by atoms with van der Waals surface area (Å²) in [6.07, 6.45) is 0.701. The highest BCUT2D eigenvalue weighted by Crippen LogP contribution is 2.31. The molecule has 0 saturated heterocycles. The number of carbonyl (C=O) groups is 2. The summed E-state index contributed by atoms with van der Waals surface area (Å²) in [7, 11) is 0. The number of thioether (sulfide) groups is 1. The van der Waals surface area contributed by atoms with Gasteiger partial charge >= 0.3 is 6.18 Å². The van der Waals surface area contributed by atoms with E-state index in [1.54, 1.807) is 18.2 Å². The minimum Gasteiger partial charge on any atom is -0.326 e. The van der Waals surface area contributed by atoms with Crippen molar-refractivity contribution in [1.82, 2.24) is 0 Å². The van der Waals surface area contributed by atoms with Gasteiger partial charge in [0.25, 0.3) is 0 Å².